The van der Waals surface area contributed by atoms with Crippen LogP contribution in [0.3, 0.4) is 0 Å². The van der Waals surface area contributed by atoms with Gasteiger partial charge >= 0.3 is 0 Å². The van der Waals surface area contributed by atoms with Gasteiger partial charge in [-0.05, 0) is 65.1 Å². The number of nitrogens with zero attached hydrogens (tertiary/aromatic N) is 1. The Hall–Kier alpha value is -2.25. The first kappa shape index (κ1) is 13.4. The lowest BCUT2D eigenvalue weighted by molar-refractivity contribution is 1.18. The number of rotatable bonds is 1. The zero-order chi connectivity index (χ0) is 15.1. The zero-order valence-corrected chi connectivity index (χ0v) is 13.9. The van der Waals surface area contributed by atoms with Crippen LogP contribution in [0.1, 0.15) is 5.56 Å². The summed E-state index contributed by atoms with van der Waals surface area (Å²) in [4.78, 5) is 0. The zero-order valence-electron chi connectivity index (χ0n) is 11.8. The molecule has 2 heteroatoms. The van der Waals surface area contributed by atoms with E-state index in [-0.39, 0.29) is 0 Å². The Morgan fingerprint density at radius 3 is 2.45 bits per heavy atom. The van der Waals surface area contributed by atoms with E-state index < -0.39 is 0 Å². The van der Waals surface area contributed by atoms with E-state index in [1.165, 1.54) is 31.1 Å². The van der Waals surface area contributed by atoms with Crippen LogP contribution in [-0.4, -0.2) is 4.57 Å². The number of hydrogen-bond donors (Lipinski definition) is 0. The Kier molecular flexibility index (Phi) is 3.16. The maximum absolute atomic E-state index is 5.56. The highest BCUT2D eigenvalue weighted by molar-refractivity contribution is 14.1. The molecule has 1 aromatic heterocycles. The van der Waals surface area contributed by atoms with Gasteiger partial charge in [-0.15, -0.1) is 6.42 Å². The Bertz CT molecular complexity index is 1050. The highest BCUT2D eigenvalue weighted by Gasteiger charge is 2.12. The van der Waals surface area contributed by atoms with Gasteiger partial charge in [-0.2, -0.15) is 0 Å². The van der Waals surface area contributed by atoms with Crippen LogP contribution in [0.2, 0.25) is 0 Å². The quantitative estimate of drug-likeness (QED) is 0.303. The van der Waals surface area contributed by atoms with Crippen LogP contribution in [0.15, 0.2) is 66.7 Å². The predicted molar refractivity (Wildman–Crippen MR) is 101 cm³/mol. The molecule has 0 fully saturated rings. The van der Waals surface area contributed by atoms with Crippen molar-refractivity contribution >= 4 is 44.4 Å². The molecule has 0 atom stereocenters. The lowest BCUT2D eigenvalue weighted by Crippen LogP contribution is -1.93. The summed E-state index contributed by atoms with van der Waals surface area (Å²) in [7, 11) is 0. The first-order valence-electron chi connectivity index (χ1n) is 7.04. The standard InChI is InChI=1S/C20H12IN/c1-2-14-10-11-20-18(12-14)17-8-3-4-9-19(17)22(20)16-7-5-6-15(21)13-16/h1,3-13H. The third-order valence-corrected chi connectivity index (χ3v) is 4.58. The summed E-state index contributed by atoms with van der Waals surface area (Å²) in [6, 6.07) is 23.2. The fraction of sp³-hybridized carbons (Fsp3) is 0. The van der Waals surface area contributed by atoms with Crippen molar-refractivity contribution in [3.05, 3.63) is 75.9 Å². The Morgan fingerprint density at radius 1 is 0.818 bits per heavy atom. The van der Waals surface area contributed by atoms with E-state index in [9.17, 15) is 0 Å². The molecule has 0 aliphatic rings. The van der Waals surface area contributed by atoms with Crippen molar-refractivity contribution in [3.63, 3.8) is 0 Å². The second-order valence-corrected chi connectivity index (χ2v) is 6.45. The van der Waals surface area contributed by atoms with Crippen LogP contribution in [0.5, 0.6) is 0 Å². The van der Waals surface area contributed by atoms with Crippen LogP contribution in [-0.2, 0) is 0 Å². The molecule has 104 valence electrons. The summed E-state index contributed by atoms with van der Waals surface area (Å²) in [5.74, 6) is 2.73. The Morgan fingerprint density at radius 2 is 1.64 bits per heavy atom. The lowest BCUT2D eigenvalue weighted by Gasteiger charge is -2.08. The van der Waals surface area contributed by atoms with Gasteiger partial charge in [0.05, 0.1) is 11.0 Å². The second kappa shape index (κ2) is 5.19. The molecule has 0 radical (unpaired) electrons. The number of hydrogen-bond acceptors (Lipinski definition) is 0. The molecule has 22 heavy (non-hydrogen) atoms. The van der Waals surface area contributed by atoms with Gasteiger partial charge in [0.25, 0.3) is 0 Å². The molecule has 0 bridgehead atoms. The van der Waals surface area contributed by atoms with Crippen LogP contribution in [0, 0.1) is 15.9 Å². The molecular weight excluding hydrogens is 381 g/mol. The number of halogens is 1. The smallest absolute Gasteiger partial charge is 0.0541 e. The molecule has 0 unspecified atom stereocenters. The minimum absolute atomic E-state index is 0.915. The molecule has 1 nitrogen and oxygen atoms in total. The van der Waals surface area contributed by atoms with Gasteiger partial charge in [0.15, 0.2) is 0 Å². The summed E-state index contributed by atoms with van der Waals surface area (Å²) in [6.45, 7) is 0. The number of terminal acetylenes is 1. The van der Waals surface area contributed by atoms with E-state index in [1.807, 2.05) is 6.07 Å². The normalized spacial score (nSPS) is 10.9. The summed E-state index contributed by atoms with van der Waals surface area (Å²) in [6.07, 6.45) is 5.56. The first-order valence-corrected chi connectivity index (χ1v) is 8.11. The maximum atomic E-state index is 5.56. The summed E-state index contributed by atoms with van der Waals surface area (Å²) in [5.41, 5.74) is 4.47. The maximum Gasteiger partial charge on any atom is 0.0541 e. The molecule has 0 aliphatic heterocycles. The molecule has 0 N–H and O–H groups in total. The molecule has 0 spiro atoms. The van der Waals surface area contributed by atoms with Crippen molar-refractivity contribution in [2.45, 2.75) is 0 Å². The number of para-hydroxylation sites is 1. The molecule has 0 aliphatic carbocycles. The number of benzene rings is 3. The van der Waals surface area contributed by atoms with Gasteiger partial charge in [-0.3, -0.25) is 0 Å². The highest BCUT2D eigenvalue weighted by Crippen LogP contribution is 2.32. The highest BCUT2D eigenvalue weighted by atomic mass is 127. The Balaban J connectivity index is 2.19. The van der Waals surface area contributed by atoms with Gasteiger partial charge < -0.3 is 4.57 Å². The van der Waals surface area contributed by atoms with Gasteiger partial charge in [0, 0.05) is 25.6 Å². The SMILES string of the molecule is C#Cc1ccc2c(c1)c1ccccc1n2-c1cccc(I)c1. The first-order chi connectivity index (χ1) is 10.8. The van der Waals surface area contributed by atoms with Crippen LogP contribution in [0.4, 0.5) is 0 Å². The van der Waals surface area contributed by atoms with Crippen LogP contribution >= 0.6 is 22.6 Å². The fourth-order valence-electron chi connectivity index (χ4n) is 2.96. The third-order valence-electron chi connectivity index (χ3n) is 3.91. The van der Waals surface area contributed by atoms with Crippen LogP contribution < -0.4 is 0 Å². The molecule has 4 rings (SSSR count). The molecule has 0 amide bonds. The van der Waals surface area contributed by atoms with E-state index in [0.29, 0.717) is 0 Å². The number of aromatic nitrogens is 1. The Labute approximate surface area is 142 Å². The molecule has 1 heterocycles. The minimum atomic E-state index is 0.915. The lowest BCUT2D eigenvalue weighted by atomic mass is 10.1. The van der Waals surface area contributed by atoms with Gasteiger partial charge in [-0.25, -0.2) is 0 Å². The third kappa shape index (κ3) is 2.01. The van der Waals surface area contributed by atoms with Crippen molar-refractivity contribution in [1.29, 1.82) is 0 Å². The van der Waals surface area contributed by atoms with Crippen LogP contribution in [0.25, 0.3) is 27.5 Å². The monoisotopic (exact) mass is 393 g/mol. The largest absolute Gasteiger partial charge is 0.309 e. The average molecular weight is 393 g/mol. The summed E-state index contributed by atoms with van der Waals surface area (Å²) >= 11 is 2.35. The molecular formula is C20H12IN. The van der Waals surface area contributed by atoms with Gasteiger partial charge in [0.1, 0.15) is 0 Å². The predicted octanol–water partition coefficient (Wildman–Crippen LogP) is 5.37. The number of fused-ring (bicyclic) bond motifs is 3. The summed E-state index contributed by atoms with van der Waals surface area (Å²) < 4.78 is 3.52. The van der Waals surface area contributed by atoms with Crippen molar-refractivity contribution in [2.75, 3.05) is 0 Å². The van der Waals surface area contributed by atoms with E-state index in [2.05, 4.69) is 93.7 Å². The minimum Gasteiger partial charge on any atom is -0.309 e. The molecule has 0 saturated heterocycles. The van der Waals surface area contributed by atoms with Crippen molar-refractivity contribution in [1.82, 2.24) is 4.57 Å². The molecule has 0 saturated carbocycles. The topological polar surface area (TPSA) is 4.93 Å². The van der Waals surface area contributed by atoms with E-state index in [4.69, 9.17) is 6.42 Å². The van der Waals surface area contributed by atoms with Gasteiger partial charge in [0.2, 0.25) is 0 Å². The second-order valence-electron chi connectivity index (χ2n) is 5.21. The summed E-state index contributed by atoms with van der Waals surface area (Å²) in [5, 5.41) is 2.43. The molecule has 3 aromatic carbocycles. The van der Waals surface area contributed by atoms with Crippen molar-refractivity contribution in [2.24, 2.45) is 0 Å². The van der Waals surface area contributed by atoms with Crippen molar-refractivity contribution in [3.8, 4) is 18.0 Å². The van der Waals surface area contributed by atoms with Crippen molar-refractivity contribution < 1.29 is 0 Å². The van der Waals surface area contributed by atoms with E-state index in [0.717, 1.165) is 5.56 Å². The van der Waals surface area contributed by atoms with E-state index >= 15 is 0 Å². The van der Waals surface area contributed by atoms with Gasteiger partial charge in [-0.1, -0.05) is 30.2 Å². The average Bonchev–Trinajstić information content (AvgIpc) is 2.88. The molecule has 4 aromatic rings. The van der Waals surface area contributed by atoms with E-state index in [1.54, 1.807) is 0 Å². The fourth-order valence-corrected chi connectivity index (χ4v) is 3.48.